The first-order valence-electron chi connectivity index (χ1n) is 5.41. The molecule has 0 fully saturated rings. The molecule has 0 bridgehead atoms. The minimum Gasteiger partial charge on any atom is -0.480 e. The van der Waals surface area contributed by atoms with Gasteiger partial charge >= 0.3 is 12.1 Å². The number of halogens is 1. The molecule has 2 N–H and O–H groups in total. The van der Waals surface area contributed by atoms with E-state index in [1.165, 1.54) is 0 Å². The van der Waals surface area contributed by atoms with E-state index in [0.717, 1.165) is 5.56 Å². The van der Waals surface area contributed by atoms with Gasteiger partial charge < -0.3 is 15.2 Å². The summed E-state index contributed by atoms with van der Waals surface area (Å²) < 4.78 is 4.96. The van der Waals surface area contributed by atoms with Crippen LogP contribution in [0.5, 0.6) is 0 Å². The van der Waals surface area contributed by atoms with E-state index in [2.05, 4.69) is 21.2 Å². The Morgan fingerprint density at radius 3 is 2.61 bits per heavy atom. The zero-order valence-corrected chi connectivity index (χ0v) is 11.2. The molecule has 0 radical (unpaired) electrons. The van der Waals surface area contributed by atoms with Crippen LogP contribution < -0.4 is 5.32 Å². The van der Waals surface area contributed by atoms with E-state index in [-0.39, 0.29) is 13.2 Å². The molecule has 18 heavy (non-hydrogen) atoms. The number of hydrogen-bond donors (Lipinski definition) is 2. The normalized spacial score (nSPS) is 11.6. The molecule has 1 aromatic rings. The Kier molecular flexibility index (Phi) is 6.21. The van der Waals surface area contributed by atoms with Crippen LogP contribution in [0.2, 0.25) is 0 Å². The average Bonchev–Trinajstić information content (AvgIpc) is 2.37. The molecule has 5 nitrogen and oxygen atoms in total. The van der Waals surface area contributed by atoms with Gasteiger partial charge in [-0.3, -0.25) is 4.79 Å². The first-order chi connectivity index (χ1) is 8.59. The molecule has 0 saturated carbocycles. The number of alkyl carbamates (subject to hydrolysis) is 1. The molecule has 0 aliphatic carbocycles. The number of carboxylic acids is 1. The highest BCUT2D eigenvalue weighted by atomic mass is 79.9. The van der Waals surface area contributed by atoms with Crippen molar-refractivity contribution in [3.05, 3.63) is 35.9 Å². The number of hydrogen-bond acceptors (Lipinski definition) is 3. The van der Waals surface area contributed by atoms with Gasteiger partial charge in [-0.2, -0.15) is 0 Å². The zero-order valence-electron chi connectivity index (χ0n) is 9.64. The Bertz CT molecular complexity index is 396. The number of rotatable bonds is 6. The quantitative estimate of drug-likeness (QED) is 0.789. The lowest BCUT2D eigenvalue weighted by Gasteiger charge is -2.08. The van der Waals surface area contributed by atoms with Gasteiger partial charge in [0.2, 0.25) is 0 Å². The van der Waals surface area contributed by atoms with Crippen LogP contribution in [0.1, 0.15) is 12.0 Å². The first-order valence-corrected chi connectivity index (χ1v) is 6.32. The van der Waals surface area contributed by atoms with Crippen molar-refractivity contribution in [3.8, 4) is 0 Å². The molecule has 1 rings (SSSR count). The lowest BCUT2D eigenvalue weighted by molar-refractivity contribution is -0.136. The largest absolute Gasteiger partial charge is 0.480 e. The molecule has 6 heteroatoms. The van der Waals surface area contributed by atoms with Crippen molar-refractivity contribution in [1.82, 2.24) is 5.32 Å². The average molecular weight is 316 g/mol. The summed E-state index contributed by atoms with van der Waals surface area (Å²) >= 11 is 2.98. The van der Waals surface area contributed by atoms with E-state index in [9.17, 15) is 9.59 Å². The van der Waals surface area contributed by atoms with Gasteiger partial charge in [0.1, 0.15) is 11.4 Å². The van der Waals surface area contributed by atoms with Gasteiger partial charge in [-0.15, -0.1) is 0 Å². The van der Waals surface area contributed by atoms with Crippen LogP contribution in [-0.4, -0.2) is 28.5 Å². The van der Waals surface area contributed by atoms with Crippen LogP contribution in [0.25, 0.3) is 0 Å². The summed E-state index contributed by atoms with van der Waals surface area (Å²) in [4.78, 5) is 21.1. The minimum atomic E-state index is -0.950. The molecule has 0 aliphatic heterocycles. The molecule has 0 heterocycles. The third-order valence-corrected chi connectivity index (χ3v) is 3.00. The van der Waals surface area contributed by atoms with E-state index in [1.807, 2.05) is 30.3 Å². The van der Waals surface area contributed by atoms with Gasteiger partial charge in [0.05, 0.1) is 0 Å². The van der Waals surface area contributed by atoms with Gasteiger partial charge in [-0.1, -0.05) is 46.3 Å². The summed E-state index contributed by atoms with van der Waals surface area (Å²) in [5, 5.41) is 11.1. The second-order valence-electron chi connectivity index (χ2n) is 3.58. The second-order valence-corrected chi connectivity index (χ2v) is 4.69. The van der Waals surface area contributed by atoms with Crippen LogP contribution in [-0.2, 0) is 16.1 Å². The van der Waals surface area contributed by atoms with E-state index >= 15 is 0 Å². The summed E-state index contributed by atoms with van der Waals surface area (Å²) in [6.45, 7) is 0.444. The fraction of sp³-hybridized carbons (Fsp3) is 0.333. The predicted octanol–water partition coefficient (Wildman–Crippen LogP) is 2.15. The highest BCUT2D eigenvalue weighted by Gasteiger charge is 2.12. The van der Waals surface area contributed by atoms with E-state index in [1.54, 1.807) is 0 Å². The lowest BCUT2D eigenvalue weighted by atomic mass is 10.2. The maximum absolute atomic E-state index is 11.3. The minimum absolute atomic E-state index is 0.198. The number of benzene rings is 1. The number of alkyl halides is 1. The van der Waals surface area contributed by atoms with Crippen LogP contribution in [0.3, 0.4) is 0 Å². The van der Waals surface area contributed by atoms with Crippen molar-refractivity contribution in [2.24, 2.45) is 0 Å². The summed E-state index contributed by atoms with van der Waals surface area (Å²) in [7, 11) is 0. The number of carbonyl (C=O) groups excluding carboxylic acids is 1. The standard InChI is InChI=1S/C12H14BrNO4/c13-10(11(15)16)6-7-14-12(17)18-8-9-4-2-1-3-5-9/h1-5,10H,6-8H2,(H,14,17)(H,15,16)/t10-/m0/s1. The number of aliphatic carboxylic acids is 1. The Labute approximate surface area is 113 Å². The molecular weight excluding hydrogens is 302 g/mol. The topological polar surface area (TPSA) is 75.6 Å². The summed E-state index contributed by atoms with van der Waals surface area (Å²) in [5.41, 5.74) is 0.900. The molecule has 1 amide bonds. The molecule has 0 saturated heterocycles. The van der Waals surface area contributed by atoms with E-state index < -0.39 is 16.9 Å². The smallest absolute Gasteiger partial charge is 0.407 e. The van der Waals surface area contributed by atoms with Crippen molar-refractivity contribution in [3.63, 3.8) is 0 Å². The van der Waals surface area contributed by atoms with Crippen molar-refractivity contribution in [2.75, 3.05) is 6.54 Å². The third kappa shape index (κ3) is 5.67. The Hall–Kier alpha value is -1.56. The van der Waals surface area contributed by atoms with Crippen molar-refractivity contribution in [2.45, 2.75) is 17.9 Å². The van der Waals surface area contributed by atoms with Gasteiger partial charge in [0.25, 0.3) is 0 Å². The molecule has 98 valence electrons. The van der Waals surface area contributed by atoms with Crippen LogP contribution in [0, 0.1) is 0 Å². The van der Waals surface area contributed by atoms with Crippen LogP contribution >= 0.6 is 15.9 Å². The molecule has 0 aromatic heterocycles. The van der Waals surface area contributed by atoms with Crippen molar-refractivity contribution < 1.29 is 19.4 Å². The molecule has 0 unspecified atom stereocenters. The maximum atomic E-state index is 11.3. The SMILES string of the molecule is O=C(NCC[C@H](Br)C(=O)O)OCc1ccccc1. The molecule has 0 spiro atoms. The number of ether oxygens (including phenoxy) is 1. The Morgan fingerprint density at radius 1 is 1.33 bits per heavy atom. The van der Waals surface area contributed by atoms with Gasteiger partial charge in [-0.05, 0) is 12.0 Å². The van der Waals surface area contributed by atoms with Crippen molar-refractivity contribution >= 4 is 28.0 Å². The van der Waals surface area contributed by atoms with Gasteiger partial charge in [-0.25, -0.2) is 4.79 Å². The maximum Gasteiger partial charge on any atom is 0.407 e. The van der Waals surface area contributed by atoms with E-state index in [4.69, 9.17) is 9.84 Å². The predicted molar refractivity (Wildman–Crippen MR) is 69.6 cm³/mol. The molecule has 1 atom stereocenters. The van der Waals surface area contributed by atoms with E-state index in [0.29, 0.717) is 6.42 Å². The molecule has 1 aromatic carbocycles. The molecule has 0 aliphatic rings. The summed E-state index contributed by atoms with van der Waals surface area (Å²) in [5.74, 6) is -0.950. The van der Waals surface area contributed by atoms with Crippen LogP contribution in [0.4, 0.5) is 4.79 Å². The Morgan fingerprint density at radius 2 is 2.00 bits per heavy atom. The highest BCUT2D eigenvalue weighted by molar-refractivity contribution is 9.10. The third-order valence-electron chi connectivity index (χ3n) is 2.15. The second kappa shape index (κ2) is 7.71. The Balaban J connectivity index is 2.17. The summed E-state index contributed by atoms with van der Waals surface area (Å²) in [6, 6.07) is 9.31. The van der Waals surface area contributed by atoms with Gasteiger partial charge in [0, 0.05) is 6.54 Å². The monoisotopic (exact) mass is 315 g/mol. The van der Waals surface area contributed by atoms with Crippen molar-refractivity contribution in [1.29, 1.82) is 0 Å². The van der Waals surface area contributed by atoms with Crippen LogP contribution in [0.15, 0.2) is 30.3 Å². The molecular formula is C12H14BrNO4. The number of carbonyl (C=O) groups is 2. The zero-order chi connectivity index (χ0) is 13.4. The number of carboxylic acid groups (broad SMARTS) is 1. The fourth-order valence-electron chi connectivity index (χ4n) is 1.20. The van der Waals surface area contributed by atoms with Gasteiger partial charge in [0.15, 0.2) is 0 Å². The lowest BCUT2D eigenvalue weighted by Crippen LogP contribution is -2.28. The highest BCUT2D eigenvalue weighted by Crippen LogP contribution is 2.04. The fourth-order valence-corrected chi connectivity index (χ4v) is 1.43. The number of nitrogens with one attached hydrogen (secondary N) is 1. The first kappa shape index (κ1) is 14.5. The summed E-state index contributed by atoms with van der Waals surface area (Å²) in [6.07, 6.45) is -0.251. The number of amides is 1.